The zero-order valence-electron chi connectivity index (χ0n) is 10.7. The highest BCUT2D eigenvalue weighted by molar-refractivity contribution is 7.09. The topological polar surface area (TPSA) is 97.1 Å². The zero-order chi connectivity index (χ0) is 13.8. The Morgan fingerprint density at radius 1 is 1.50 bits per heavy atom. The number of hydrogen-bond donors (Lipinski definition) is 3. The van der Waals surface area contributed by atoms with Gasteiger partial charge in [-0.3, -0.25) is 9.59 Å². The van der Waals surface area contributed by atoms with Crippen LogP contribution in [0.2, 0.25) is 0 Å². The molecule has 0 aromatic carbocycles. The van der Waals surface area contributed by atoms with Gasteiger partial charge in [0.1, 0.15) is 10.7 Å². The van der Waals surface area contributed by atoms with Crippen molar-refractivity contribution in [1.82, 2.24) is 15.6 Å². The van der Waals surface area contributed by atoms with Crippen molar-refractivity contribution in [3.63, 3.8) is 0 Å². The number of nitrogens with zero attached hydrogens (tertiary/aromatic N) is 1. The lowest BCUT2D eigenvalue weighted by Crippen LogP contribution is -2.43. The van der Waals surface area contributed by atoms with Crippen molar-refractivity contribution < 1.29 is 9.59 Å². The first kappa shape index (κ1) is 14.6. The van der Waals surface area contributed by atoms with E-state index in [0.717, 1.165) is 0 Å². The molecule has 0 saturated heterocycles. The summed E-state index contributed by atoms with van der Waals surface area (Å²) in [6.45, 7) is 4.10. The molecule has 0 aliphatic rings. The van der Waals surface area contributed by atoms with Crippen LogP contribution in [0.4, 0.5) is 0 Å². The maximum Gasteiger partial charge on any atom is 0.270 e. The molecule has 7 heteroatoms. The third-order valence-electron chi connectivity index (χ3n) is 2.49. The highest BCUT2D eigenvalue weighted by Gasteiger charge is 2.27. The van der Waals surface area contributed by atoms with Gasteiger partial charge in [0, 0.05) is 25.5 Å². The molecule has 0 aliphatic heterocycles. The fourth-order valence-corrected chi connectivity index (χ4v) is 1.97. The SMILES string of the molecule is CNC(=O)C(C)(C)CNC(=O)c1csc(CN)n1. The molecule has 1 heterocycles. The van der Waals surface area contributed by atoms with E-state index in [1.165, 1.54) is 11.3 Å². The summed E-state index contributed by atoms with van der Waals surface area (Å²) in [4.78, 5) is 27.4. The highest BCUT2D eigenvalue weighted by atomic mass is 32.1. The molecular weight excluding hydrogens is 252 g/mol. The molecule has 100 valence electrons. The molecular formula is C11H18N4O2S. The third kappa shape index (κ3) is 3.51. The molecule has 0 aliphatic carbocycles. The van der Waals surface area contributed by atoms with Gasteiger partial charge in [0.25, 0.3) is 5.91 Å². The Labute approximate surface area is 110 Å². The molecule has 0 unspecified atom stereocenters. The third-order valence-corrected chi connectivity index (χ3v) is 3.36. The molecule has 0 bridgehead atoms. The zero-order valence-corrected chi connectivity index (χ0v) is 11.6. The molecule has 0 radical (unpaired) electrons. The molecule has 4 N–H and O–H groups in total. The van der Waals surface area contributed by atoms with Crippen LogP contribution in [0.5, 0.6) is 0 Å². The molecule has 0 saturated carbocycles. The number of carbonyl (C=O) groups is 2. The van der Waals surface area contributed by atoms with Gasteiger partial charge in [-0.15, -0.1) is 11.3 Å². The quantitative estimate of drug-likeness (QED) is 0.707. The number of thiazole rings is 1. The minimum atomic E-state index is -0.656. The number of aromatic nitrogens is 1. The lowest BCUT2D eigenvalue weighted by Gasteiger charge is -2.22. The Bertz CT molecular complexity index is 442. The molecule has 18 heavy (non-hydrogen) atoms. The fraction of sp³-hybridized carbons (Fsp3) is 0.545. The average molecular weight is 270 g/mol. The monoisotopic (exact) mass is 270 g/mol. The second kappa shape index (κ2) is 5.92. The molecule has 1 rings (SSSR count). The maximum atomic E-state index is 11.8. The van der Waals surface area contributed by atoms with E-state index < -0.39 is 5.41 Å². The van der Waals surface area contributed by atoms with E-state index >= 15 is 0 Å². The molecule has 2 amide bonds. The van der Waals surface area contributed by atoms with Crippen molar-refractivity contribution in [3.05, 3.63) is 16.1 Å². The van der Waals surface area contributed by atoms with Gasteiger partial charge in [0.2, 0.25) is 5.91 Å². The van der Waals surface area contributed by atoms with Crippen LogP contribution in [-0.2, 0) is 11.3 Å². The van der Waals surface area contributed by atoms with Crippen LogP contribution < -0.4 is 16.4 Å². The van der Waals surface area contributed by atoms with Crippen LogP contribution in [0.15, 0.2) is 5.38 Å². The standard InChI is InChI=1S/C11H18N4O2S/c1-11(2,10(17)13-3)6-14-9(16)7-5-18-8(4-12)15-7/h5H,4,6,12H2,1-3H3,(H,13,17)(H,14,16). The molecule has 1 aromatic rings. The molecule has 6 nitrogen and oxygen atoms in total. The van der Waals surface area contributed by atoms with Crippen LogP contribution in [-0.4, -0.2) is 30.4 Å². The van der Waals surface area contributed by atoms with Crippen molar-refractivity contribution in [1.29, 1.82) is 0 Å². The number of carbonyl (C=O) groups excluding carboxylic acids is 2. The summed E-state index contributed by atoms with van der Waals surface area (Å²) in [5.74, 6) is -0.411. The summed E-state index contributed by atoms with van der Waals surface area (Å²) in [6, 6.07) is 0. The van der Waals surface area contributed by atoms with E-state index in [0.29, 0.717) is 17.2 Å². The Hall–Kier alpha value is -1.47. The van der Waals surface area contributed by atoms with Gasteiger partial charge in [-0.1, -0.05) is 0 Å². The van der Waals surface area contributed by atoms with Crippen LogP contribution in [0.25, 0.3) is 0 Å². The normalized spacial score (nSPS) is 11.1. The highest BCUT2D eigenvalue weighted by Crippen LogP contribution is 2.14. The van der Waals surface area contributed by atoms with Crippen LogP contribution in [0.3, 0.4) is 0 Å². The summed E-state index contributed by atoms with van der Waals surface area (Å²) >= 11 is 1.35. The fourth-order valence-electron chi connectivity index (χ4n) is 1.32. The predicted molar refractivity (Wildman–Crippen MR) is 70.2 cm³/mol. The smallest absolute Gasteiger partial charge is 0.270 e. The Morgan fingerprint density at radius 2 is 2.17 bits per heavy atom. The average Bonchev–Trinajstić information content (AvgIpc) is 2.83. The molecule has 0 atom stereocenters. The summed E-state index contributed by atoms with van der Waals surface area (Å²) in [6.07, 6.45) is 0. The molecule has 0 fully saturated rings. The largest absolute Gasteiger partial charge is 0.359 e. The van der Waals surface area contributed by atoms with Crippen molar-refractivity contribution in [2.45, 2.75) is 20.4 Å². The first-order chi connectivity index (χ1) is 8.40. The van der Waals surface area contributed by atoms with Crippen molar-refractivity contribution in [2.24, 2.45) is 11.1 Å². The molecule has 0 spiro atoms. The summed E-state index contributed by atoms with van der Waals surface area (Å²) < 4.78 is 0. The number of amides is 2. The van der Waals surface area contributed by atoms with E-state index in [4.69, 9.17) is 5.73 Å². The summed E-state index contributed by atoms with van der Waals surface area (Å²) in [5, 5.41) is 7.63. The Morgan fingerprint density at radius 3 is 2.67 bits per heavy atom. The van der Waals surface area contributed by atoms with Gasteiger partial charge in [-0.25, -0.2) is 4.98 Å². The van der Waals surface area contributed by atoms with Gasteiger partial charge in [0.15, 0.2) is 0 Å². The number of nitrogens with two attached hydrogens (primary N) is 1. The predicted octanol–water partition coefficient (Wildman–Crippen LogP) is 0.104. The van der Waals surface area contributed by atoms with Gasteiger partial charge >= 0.3 is 0 Å². The van der Waals surface area contributed by atoms with E-state index in [-0.39, 0.29) is 18.4 Å². The van der Waals surface area contributed by atoms with Crippen molar-refractivity contribution in [2.75, 3.05) is 13.6 Å². The number of nitrogens with one attached hydrogen (secondary N) is 2. The summed E-state index contributed by atoms with van der Waals surface area (Å²) in [7, 11) is 1.57. The van der Waals surface area contributed by atoms with E-state index in [2.05, 4.69) is 15.6 Å². The van der Waals surface area contributed by atoms with Gasteiger partial charge in [-0.2, -0.15) is 0 Å². The minimum Gasteiger partial charge on any atom is -0.359 e. The van der Waals surface area contributed by atoms with Crippen LogP contribution in [0.1, 0.15) is 29.3 Å². The Balaban J connectivity index is 2.58. The van der Waals surface area contributed by atoms with Crippen LogP contribution >= 0.6 is 11.3 Å². The van der Waals surface area contributed by atoms with Gasteiger partial charge < -0.3 is 16.4 Å². The first-order valence-corrected chi connectivity index (χ1v) is 6.43. The maximum absolute atomic E-state index is 11.8. The minimum absolute atomic E-state index is 0.122. The molecule has 1 aromatic heterocycles. The number of rotatable bonds is 5. The second-order valence-electron chi connectivity index (χ2n) is 4.48. The van der Waals surface area contributed by atoms with E-state index in [9.17, 15) is 9.59 Å². The van der Waals surface area contributed by atoms with Gasteiger partial charge in [-0.05, 0) is 13.8 Å². The lowest BCUT2D eigenvalue weighted by molar-refractivity contribution is -0.128. The van der Waals surface area contributed by atoms with E-state index in [1.807, 2.05) is 0 Å². The van der Waals surface area contributed by atoms with Crippen LogP contribution in [0, 0.1) is 5.41 Å². The van der Waals surface area contributed by atoms with E-state index in [1.54, 1.807) is 26.3 Å². The number of hydrogen-bond acceptors (Lipinski definition) is 5. The summed E-state index contributed by atoms with van der Waals surface area (Å²) in [5.41, 5.74) is 5.11. The first-order valence-electron chi connectivity index (χ1n) is 5.55. The van der Waals surface area contributed by atoms with Crippen molar-refractivity contribution >= 4 is 23.2 Å². The van der Waals surface area contributed by atoms with Gasteiger partial charge in [0.05, 0.1) is 5.41 Å². The lowest BCUT2D eigenvalue weighted by atomic mass is 9.92. The van der Waals surface area contributed by atoms with Crippen molar-refractivity contribution in [3.8, 4) is 0 Å². The second-order valence-corrected chi connectivity index (χ2v) is 5.42. The Kier molecular flexibility index (Phi) is 4.80.